The largest absolute Gasteiger partial charge is 0.326 e. The molecule has 162 valence electrons. The molecule has 31 heavy (non-hydrogen) atoms. The van der Waals surface area contributed by atoms with E-state index >= 15 is 0 Å². The molecule has 0 bridgehead atoms. The highest BCUT2D eigenvalue weighted by Gasteiger charge is 2.27. The quantitative estimate of drug-likeness (QED) is 0.599. The molecule has 0 atom stereocenters. The van der Waals surface area contributed by atoms with Crippen LogP contribution in [0.5, 0.6) is 0 Å². The number of anilines is 1. The van der Waals surface area contributed by atoms with Gasteiger partial charge in [0, 0.05) is 29.2 Å². The molecule has 0 spiro atoms. The molecule has 2 heterocycles. The highest BCUT2D eigenvalue weighted by atomic mass is 32.2. The highest BCUT2D eigenvalue weighted by molar-refractivity contribution is 7.89. The van der Waals surface area contributed by atoms with Gasteiger partial charge in [0.25, 0.3) is 0 Å². The van der Waals surface area contributed by atoms with Crippen molar-refractivity contribution in [3.05, 3.63) is 64.2 Å². The van der Waals surface area contributed by atoms with Crippen molar-refractivity contribution >= 4 is 33.0 Å². The van der Waals surface area contributed by atoms with E-state index in [1.54, 1.807) is 30.3 Å². The Hall–Kier alpha value is -2.62. The molecule has 1 aliphatic heterocycles. The van der Waals surface area contributed by atoms with Crippen LogP contribution in [0.2, 0.25) is 0 Å². The lowest BCUT2D eigenvalue weighted by Crippen LogP contribution is -2.28. The maximum absolute atomic E-state index is 13.2. The second-order valence-corrected chi connectivity index (χ2v) is 10.6. The van der Waals surface area contributed by atoms with E-state index in [-0.39, 0.29) is 23.0 Å². The topological polar surface area (TPSA) is 79.4 Å². The molecule has 0 radical (unpaired) electrons. The summed E-state index contributed by atoms with van der Waals surface area (Å²) in [5, 5.41) is 3.59. The minimum absolute atomic E-state index is 0.0846. The molecule has 0 aliphatic carbocycles. The smallest absolute Gasteiger partial charge is 0.243 e. The van der Waals surface area contributed by atoms with Gasteiger partial charge in [-0.05, 0) is 62.2 Å². The third-order valence-electron chi connectivity index (χ3n) is 5.06. The summed E-state index contributed by atoms with van der Waals surface area (Å²) in [6, 6.07) is 12.3. The zero-order valence-corrected chi connectivity index (χ0v) is 18.6. The zero-order valence-electron chi connectivity index (χ0n) is 17.0. The van der Waals surface area contributed by atoms with Crippen molar-refractivity contribution in [2.75, 3.05) is 18.4 Å². The van der Waals surface area contributed by atoms with E-state index in [9.17, 15) is 17.6 Å². The molecule has 3 aromatic rings. The number of hydrogen-bond acceptors (Lipinski definition) is 5. The molecular formula is C22H22FN3O3S2. The zero-order chi connectivity index (χ0) is 22.0. The normalized spacial score (nSPS) is 14.6. The van der Waals surface area contributed by atoms with Crippen LogP contribution in [-0.4, -0.2) is 36.7 Å². The minimum Gasteiger partial charge on any atom is -0.326 e. The van der Waals surface area contributed by atoms with Gasteiger partial charge in [-0.25, -0.2) is 17.8 Å². The predicted molar refractivity (Wildman–Crippen MR) is 119 cm³/mol. The van der Waals surface area contributed by atoms with E-state index in [0.717, 1.165) is 28.3 Å². The summed E-state index contributed by atoms with van der Waals surface area (Å²) in [6.07, 6.45) is 1.81. The number of aromatic nitrogens is 1. The van der Waals surface area contributed by atoms with Gasteiger partial charge >= 0.3 is 0 Å². The molecule has 1 aromatic heterocycles. The van der Waals surface area contributed by atoms with Crippen molar-refractivity contribution in [3.8, 4) is 11.3 Å². The number of nitrogens with one attached hydrogen (secondary N) is 1. The average Bonchev–Trinajstić information content (AvgIpc) is 3.39. The standard InChI is InChI=1S/C22H22FN3O3S2/c1-15-24-22(16-7-9-17(23)10-8-16)20(30-15)14-21(27)25-18-5-4-6-19(13-18)31(28,29)26-11-2-3-12-26/h4-10,13H,2-3,11-12,14H2,1H3,(H,25,27). The van der Waals surface area contributed by atoms with Crippen molar-refractivity contribution in [2.45, 2.75) is 31.1 Å². The summed E-state index contributed by atoms with van der Waals surface area (Å²) in [7, 11) is -3.56. The lowest BCUT2D eigenvalue weighted by Gasteiger charge is -2.16. The first-order chi connectivity index (χ1) is 14.8. The van der Waals surface area contributed by atoms with Crippen LogP contribution in [0.3, 0.4) is 0 Å². The summed E-state index contributed by atoms with van der Waals surface area (Å²) in [5.74, 6) is -0.610. The number of benzene rings is 2. The number of carbonyl (C=O) groups is 1. The molecule has 9 heteroatoms. The van der Waals surface area contributed by atoms with E-state index in [1.807, 2.05) is 6.92 Å². The Bertz CT molecular complexity index is 1200. The molecule has 1 aliphatic rings. The Kier molecular flexibility index (Phi) is 6.17. The average molecular weight is 460 g/mol. The Balaban J connectivity index is 1.51. The van der Waals surface area contributed by atoms with Gasteiger partial charge < -0.3 is 5.32 Å². The summed E-state index contributed by atoms with van der Waals surface area (Å²) >= 11 is 1.41. The Morgan fingerprint density at radius 2 is 1.87 bits per heavy atom. The van der Waals surface area contributed by atoms with Gasteiger partial charge in [-0.3, -0.25) is 4.79 Å². The van der Waals surface area contributed by atoms with Gasteiger partial charge in [-0.1, -0.05) is 6.07 Å². The van der Waals surface area contributed by atoms with Crippen LogP contribution in [-0.2, 0) is 21.2 Å². The first-order valence-electron chi connectivity index (χ1n) is 9.95. The number of halogens is 1. The number of aryl methyl sites for hydroxylation is 1. The third-order valence-corrected chi connectivity index (χ3v) is 7.93. The van der Waals surface area contributed by atoms with Gasteiger partial charge in [0.15, 0.2) is 0 Å². The molecule has 1 N–H and O–H groups in total. The number of amides is 1. The predicted octanol–water partition coefficient (Wildman–Crippen LogP) is 4.22. The van der Waals surface area contributed by atoms with Gasteiger partial charge in [-0.15, -0.1) is 11.3 Å². The number of nitrogens with zero attached hydrogens (tertiary/aromatic N) is 2. The molecule has 1 fully saturated rings. The van der Waals surface area contributed by atoms with E-state index < -0.39 is 10.0 Å². The maximum Gasteiger partial charge on any atom is 0.243 e. The lowest BCUT2D eigenvalue weighted by molar-refractivity contribution is -0.115. The Morgan fingerprint density at radius 1 is 1.16 bits per heavy atom. The van der Waals surface area contributed by atoms with Gasteiger partial charge in [0.1, 0.15) is 5.82 Å². The number of thiazole rings is 1. The minimum atomic E-state index is -3.56. The van der Waals surface area contributed by atoms with Crippen molar-refractivity contribution < 1.29 is 17.6 Å². The maximum atomic E-state index is 13.2. The monoisotopic (exact) mass is 459 g/mol. The van der Waals surface area contributed by atoms with Crippen LogP contribution >= 0.6 is 11.3 Å². The number of hydrogen-bond donors (Lipinski definition) is 1. The molecule has 6 nitrogen and oxygen atoms in total. The van der Waals surface area contributed by atoms with E-state index in [4.69, 9.17) is 0 Å². The molecule has 0 unspecified atom stereocenters. The van der Waals surface area contributed by atoms with E-state index in [2.05, 4.69) is 10.3 Å². The van der Waals surface area contributed by atoms with Gasteiger partial charge in [0.2, 0.25) is 15.9 Å². The van der Waals surface area contributed by atoms with Crippen LogP contribution in [0.4, 0.5) is 10.1 Å². The Labute approximate surface area is 184 Å². The molecule has 2 aromatic carbocycles. The van der Waals surface area contributed by atoms with E-state index in [1.165, 1.54) is 33.8 Å². The molecule has 4 rings (SSSR count). The van der Waals surface area contributed by atoms with Crippen LogP contribution in [0, 0.1) is 12.7 Å². The first kappa shape index (κ1) is 21.6. The van der Waals surface area contributed by atoms with Crippen LogP contribution < -0.4 is 5.32 Å². The third kappa shape index (κ3) is 4.84. The fourth-order valence-electron chi connectivity index (χ4n) is 3.59. The lowest BCUT2D eigenvalue weighted by atomic mass is 10.1. The summed E-state index contributed by atoms with van der Waals surface area (Å²) in [6.45, 7) is 2.90. The van der Waals surface area contributed by atoms with Crippen molar-refractivity contribution in [1.29, 1.82) is 0 Å². The van der Waals surface area contributed by atoms with Gasteiger partial charge in [-0.2, -0.15) is 4.31 Å². The highest BCUT2D eigenvalue weighted by Crippen LogP contribution is 2.29. The first-order valence-corrected chi connectivity index (χ1v) is 12.2. The summed E-state index contributed by atoms with van der Waals surface area (Å²) < 4.78 is 40.3. The fraction of sp³-hybridized carbons (Fsp3) is 0.273. The molecule has 1 saturated heterocycles. The molecule has 1 amide bonds. The van der Waals surface area contributed by atoms with Gasteiger partial charge in [0.05, 0.1) is 22.0 Å². The molecular weight excluding hydrogens is 437 g/mol. The summed E-state index contributed by atoms with van der Waals surface area (Å²) in [4.78, 5) is 18.1. The summed E-state index contributed by atoms with van der Waals surface area (Å²) in [5.41, 5.74) is 1.82. The molecule has 0 saturated carbocycles. The Morgan fingerprint density at radius 3 is 2.58 bits per heavy atom. The fourth-order valence-corrected chi connectivity index (χ4v) is 6.11. The second-order valence-electron chi connectivity index (χ2n) is 7.38. The van der Waals surface area contributed by atoms with Crippen molar-refractivity contribution in [1.82, 2.24) is 9.29 Å². The van der Waals surface area contributed by atoms with Crippen LogP contribution in [0.25, 0.3) is 11.3 Å². The second kappa shape index (κ2) is 8.86. The number of rotatable bonds is 6. The number of carbonyl (C=O) groups excluding carboxylic acids is 1. The van der Waals surface area contributed by atoms with Crippen LogP contribution in [0.1, 0.15) is 22.7 Å². The van der Waals surface area contributed by atoms with Crippen molar-refractivity contribution in [2.24, 2.45) is 0 Å². The SMILES string of the molecule is Cc1nc(-c2ccc(F)cc2)c(CC(=O)Nc2cccc(S(=O)(=O)N3CCCC3)c2)s1. The van der Waals surface area contributed by atoms with E-state index in [0.29, 0.717) is 24.5 Å². The van der Waals surface area contributed by atoms with Crippen LogP contribution in [0.15, 0.2) is 53.4 Å². The number of sulfonamides is 1. The van der Waals surface area contributed by atoms with Crippen molar-refractivity contribution in [3.63, 3.8) is 0 Å².